The maximum atomic E-state index is 10.7. The summed E-state index contributed by atoms with van der Waals surface area (Å²) in [6, 6.07) is 10.3. The Morgan fingerprint density at radius 2 is 2.00 bits per heavy atom. The molecule has 0 spiro atoms. The Kier molecular flexibility index (Phi) is 4.85. The number of aryl methyl sites for hydroxylation is 2. The molecule has 2 aromatic rings. The molecule has 1 fully saturated rings. The molecule has 0 amide bonds. The molecule has 124 valence electrons. The summed E-state index contributed by atoms with van der Waals surface area (Å²) in [6.07, 6.45) is 2.79. The van der Waals surface area contributed by atoms with E-state index in [-0.39, 0.29) is 17.6 Å². The number of aliphatic hydroxyl groups excluding tert-OH is 1. The predicted octanol–water partition coefficient (Wildman–Crippen LogP) is 4.18. The van der Waals surface area contributed by atoms with Gasteiger partial charge >= 0.3 is 0 Å². The van der Waals surface area contributed by atoms with Crippen molar-refractivity contribution in [2.24, 2.45) is 5.41 Å². The predicted molar refractivity (Wildman–Crippen MR) is 95.7 cm³/mol. The van der Waals surface area contributed by atoms with Crippen LogP contribution in [0.3, 0.4) is 0 Å². The van der Waals surface area contributed by atoms with E-state index < -0.39 is 0 Å². The van der Waals surface area contributed by atoms with E-state index in [1.165, 1.54) is 9.88 Å². The van der Waals surface area contributed by atoms with Gasteiger partial charge in [0.2, 0.25) is 0 Å². The van der Waals surface area contributed by atoms with Crippen LogP contribution < -0.4 is 5.32 Å². The lowest BCUT2D eigenvalue weighted by atomic mass is 9.92. The van der Waals surface area contributed by atoms with Crippen molar-refractivity contribution in [2.45, 2.75) is 52.2 Å². The molecule has 1 heterocycles. The number of hydrogen-bond acceptors (Lipinski definition) is 4. The van der Waals surface area contributed by atoms with Crippen molar-refractivity contribution in [1.29, 1.82) is 0 Å². The first-order chi connectivity index (χ1) is 11.1. The largest absolute Gasteiger partial charge is 0.388 e. The zero-order chi connectivity index (χ0) is 16.4. The van der Waals surface area contributed by atoms with Crippen LogP contribution >= 0.6 is 11.3 Å². The Hall–Kier alpha value is -1.23. The molecule has 0 aliphatic heterocycles. The first kappa shape index (κ1) is 16.6. The van der Waals surface area contributed by atoms with Crippen LogP contribution in [0.1, 0.15) is 60.0 Å². The molecule has 2 unspecified atom stereocenters. The van der Waals surface area contributed by atoms with Gasteiger partial charge in [-0.2, -0.15) is 0 Å². The average molecular weight is 330 g/mol. The zero-order valence-corrected chi connectivity index (χ0v) is 15.0. The van der Waals surface area contributed by atoms with Gasteiger partial charge in [0.15, 0.2) is 0 Å². The van der Waals surface area contributed by atoms with Crippen LogP contribution in [-0.2, 0) is 6.42 Å². The van der Waals surface area contributed by atoms with Crippen LogP contribution in [-0.4, -0.2) is 16.6 Å². The molecule has 1 saturated carbocycles. The summed E-state index contributed by atoms with van der Waals surface area (Å²) in [7, 11) is 0. The molecule has 0 bridgehead atoms. The minimum Gasteiger partial charge on any atom is -0.388 e. The monoisotopic (exact) mass is 330 g/mol. The van der Waals surface area contributed by atoms with Crippen molar-refractivity contribution < 1.29 is 5.11 Å². The Morgan fingerprint density at radius 1 is 1.30 bits per heavy atom. The summed E-state index contributed by atoms with van der Waals surface area (Å²) in [5.74, 6) is 0. The van der Waals surface area contributed by atoms with Crippen molar-refractivity contribution in [3.05, 3.63) is 51.5 Å². The number of benzene rings is 1. The van der Waals surface area contributed by atoms with Gasteiger partial charge in [-0.1, -0.05) is 37.3 Å². The fraction of sp³-hybridized carbons (Fsp3) is 0.526. The average Bonchev–Trinajstić information content (AvgIpc) is 3.28. The van der Waals surface area contributed by atoms with Gasteiger partial charge in [0, 0.05) is 22.9 Å². The Labute approximate surface area is 142 Å². The van der Waals surface area contributed by atoms with Crippen molar-refractivity contribution in [3.8, 4) is 0 Å². The lowest BCUT2D eigenvalue weighted by Crippen LogP contribution is -2.30. The third kappa shape index (κ3) is 3.49. The van der Waals surface area contributed by atoms with Gasteiger partial charge in [-0.25, -0.2) is 4.98 Å². The van der Waals surface area contributed by atoms with Gasteiger partial charge < -0.3 is 10.4 Å². The SMILES string of the molecule is CCc1nc(C)c(C(C)NCC2(C(O)c3ccccc3)CC2)s1. The van der Waals surface area contributed by atoms with Gasteiger partial charge in [-0.05, 0) is 38.7 Å². The highest BCUT2D eigenvalue weighted by molar-refractivity contribution is 7.11. The van der Waals surface area contributed by atoms with Crippen LogP contribution in [0.2, 0.25) is 0 Å². The summed E-state index contributed by atoms with van der Waals surface area (Å²) >= 11 is 1.81. The van der Waals surface area contributed by atoms with E-state index in [9.17, 15) is 5.11 Å². The van der Waals surface area contributed by atoms with Crippen molar-refractivity contribution in [3.63, 3.8) is 0 Å². The van der Waals surface area contributed by atoms with Crippen molar-refractivity contribution in [2.75, 3.05) is 6.54 Å². The summed E-state index contributed by atoms with van der Waals surface area (Å²) in [4.78, 5) is 5.95. The quantitative estimate of drug-likeness (QED) is 0.800. The second kappa shape index (κ2) is 6.71. The number of nitrogens with zero attached hydrogens (tertiary/aromatic N) is 1. The highest BCUT2D eigenvalue weighted by atomic mass is 32.1. The number of nitrogens with one attached hydrogen (secondary N) is 1. The molecular weight excluding hydrogens is 304 g/mol. The summed E-state index contributed by atoms with van der Waals surface area (Å²) in [6.45, 7) is 7.29. The normalized spacial score (nSPS) is 18.6. The van der Waals surface area contributed by atoms with Crippen LogP contribution in [0.5, 0.6) is 0 Å². The lowest BCUT2D eigenvalue weighted by Gasteiger charge is -2.25. The van der Waals surface area contributed by atoms with E-state index in [2.05, 4.69) is 31.1 Å². The Morgan fingerprint density at radius 3 is 2.57 bits per heavy atom. The van der Waals surface area contributed by atoms with Crippen LogP contribution in [0, 0.1) is 12.3 Å². The van der Waals surface area contributed by atoms with E-state index in [4.69, 9.17) is 0 Å². The Balaban J connectivity index is 1.64. The summed E-state index contributed by atoms with van der Waals surface area (Å²) in [5, 5.41) is 15.6. The minimum absolute atomic E-state index is 0.00178. The van der Waals surface area contributed by atoms with Crippen molar-refractivity contribution >= 4 is 11.3 Å². The molecule has 1 aromatic heterocycles. The molecule has 4 heteroatoms. The van der Waals surface area contributed by atoms with E-state index in [1.54, 1.807) is 0 Å². The van der Waals surface area contributed by atoms with Gasteiger partial charge in [0.25, 0.3) is 0 Å². The maximum absolute atomic E-state index is 10.7. The van der Waals surface area contributed by atoms with E-state index in [0.717, 1.165) is 37.1 Å². The molecule has 1 aromatic carbocycles. The minimum atomic E-state index is -0.378. The fourth-order valence-electron chi connectivity index (χ4n) is 3.16. The summed E-state index contributed by atoms with van der Waals surface area (Å²) in [5.41, 5.74) is 2.17. The molecule has 0 saturated heterocycles. The third-order valence-corrected chi connectivity index (χ3v) is 6.40. The maximum Gasteiger partial charge on any atom is 0.0928 e. The van der Waals surface area contributed by atoms with E-state index in [1.807, 2.05) is 41.7 Å². The van der Waals surface area contributed by atoms with Gasteiger partial charge in [0.05, 0.1) is 16.8 Å². The first-order valence-electron chi connectivity index (χ1n) is 8.48. The second-order valence-corrected chi connectivity index (χ2v) is 7.80. The smallest absolute Gasteiger partial charge is 0.0928 e. The van der Waals surface area contributed by atoms with Crippen molar-refractivity contribution in [1.82, 2.24) is 10.3 Å². The van der Waals surface area contributed by atoms with Gasteiger partial charge in [0.1, 0.15) is 0 Å². The first-order valence-corrected chi connectivity index (χ1v) is 9.30. The number of rotatable bonds is 7. The van der Waals surface area contributed by atoms with Gasteiger partial charge in [-0.3, -0.25) is 0 Å². The number of aliphatic hydroxyl groups is 1. The molecule has 3 nitrogen and oxygen atoms in total. The van der Waals surface area contributed by atoms with Crippen LogP contribution in [0.25, 0.3) is 0 Å². The van der Waals surface area contributed by atoms with E-state index >= 15 is 0 Å². The van der Waals surface area contributed by atoms with Crippen LogP contribution in [0.4, 0.5) is 0 Å². The highest BCUT2D eigenvalue weighted by Gasteiger charge is 2.49. The van der Waals surface area contributed by atoms with Gasteiger partial charge in [-0.15, -0.1) is 11.3 Å². The highest BCUT2D eigenvalue weighted by Crippen LogP contribution is 2.54. The summed E-state index contributed by atoms with van der Waals surface area (Å²) < 4.78 is 0. The number of thiazole rings is 1. The number of hydrogen-bond donors (Lipinski definition) is 2. The topological polar surface area (TPSA) is 45.2 Å². The molecule has 0 radical (unpaired) electrons. The molecule has 1 aliphatic carbocycles. The lowest BCUT2D eigenvalue weighted by molar-refractivity contribution is 0.0904. The molecule has 2 atom stereocenters. The molecule has 23 heavy (non-hydrogen) atoms. The standard InChI is InChI=1S/C19H26N2OS/c1-4-16-21-14(3)17(23-16)13(2)20-12-19(10-11-19)18(22)15-8-6-5-7-9-15/h5-9,13,18,20,22H,4,10-12H2,1-3H3. The fourth-order valence-corrected chi connectivity index (χ4v) is 4.20. The second-order valence-electron chi connectivity index (χ2n) is 6.69. The Bertz CT molecular complexity index is 649. The molecule has 1 aliphatic rings. The number of aromatic nitrogens is 1. The van der Waals surface area contributed by atoms with Crippen LogP contribution in [0.15, 0.2) is 30.3 Å². The van der Waals surface area contributed by atoms with E-state index in [0.29, 0.717) is 0 Å². The zero-order valence-electron chi connectivity index (χ0n) is 14.2. The molecular formula is C19H26N2OS. The third-order valence-electron chi connectivity index (χ3n) is 4.92. The molecule has 3 rings (SSSR count). The molecule has 2 N–H and O–H groups in total.